The van der Waals surface area contributed by atoms with E-state index in [9.17, 15) is 4.79 Å². The fourth-order valence-electron chi connectivity index (χ4n) is 2.35. The molecule has 1 amide bonds. The maximum absolute atomic E-state index is 12.2. The summed E-state index contributed by atoms with van der Waals surface area (Å²) < 4.78 is 6.44. The van der Waals surface area contributed by atoms with Crippen molar-refractivity contribution in [2.24, 2.45) is 0 Å². The number of thiocarbonyl (C=S) groups is 1. The second-order valence-corrected chi connectivity index (χ2v) is 7.12. The third-order valence-electron chi connectivity index (χ3n) is 3.62. The fraction of sp³-hybridized carbons (Fsp3) is 0.176. The Bertz CT molecular complexity index is 826. The number of nitrogens with zero attached hydrogens (tertiary/aromatic N) is 1. The van der Waals surface area contributed by atoms with Crippen molar-refractivity contribution in [1.29, 1.82) is 0 Å². The van der Waals surface area contributed by atoms with Gasteiger partial charge in [-0.15, -0.1) is 0 Å². The van der Waals surface area contributed by atoms with Crippen LogP contribution in [0.2, 0.25) is 5.02 Å². The van der Waals surface area contributed by atoms with E-state index in [1.165, 1.54) is 11.8 Å². The van der Waals surface area contributed by atoms with Gasteiger partial charge in [0.05, 0.1) is 4.91 Å². The molecule has 0 bridgehead atoms. The van der Waals surface area contributed by atoms with Crippen LogP contribution in [0.4, 0.5) is 0 Å². The van der Waals surface area contributed by atoms with E-state index in [-0.39, 0.29) is 5.91 Å². The average molecular weight is 364 g/mol. The van der Waals surface area contributed by atoms with Gasteiger partial charge in [-0.3, -0.25) is 9.69 Å². The summed E-state index contributed by atoms with van der Waals surface area (Å²) in [5.74, 6) is 1.28. The molecule has 1 aromatic heterocycles. The maximum Gasteiger partial charge on any atom is 0.266 e. The number of amides is 1. The quantitative estimate of drug-likeness (QED) is 0.559. The van der Waals surface area contributed by atoms with E-state index in [1.807, 2.05) is 44.2 Å². The molecule has 0 aliphatic carbocycles. The minimum Gasteiger partial charge on any atom is -0.457 e. The van der Waals surface area contributed by atoms with Crippen LogP contribution in [0, 0.1) is 6.92 Å². The van der Waals surface area contributed by atoms with Gasteiger partial charge in [0.2, 0.25) is 0 Å². The molecule has 0 N–H and O–H groups in total. The first-order valence-electron chi connectivity index (χ1n) is 7.12. The number of halogens is 1. The van der Waals surface area contributed by atoms with Gasteiger partial charge in [-0.25, -0.2) is 0 Å². The van der Waals surface area contributed by atoms with Crippen molar-refractivity contribution in [2.45, 2.75) is 13.8 Å². The van der Waals surface area contributed by atoms with Crippen LogP contribution in [0.15, 0.2) is 39.7 Å². The summed E-state index contributed by atoms with van der Waals surface area (Å²) in [5.41, 5.74) is 1.91. The number of benzene rings is 1. The number of likely N-dealkylation sites (N-methyl/N-ethyl adjacent to an activating group) is 1. The number of furan rings is 1. The van der Waals surface area contributed by atoms with E-state index in [4.69, 9.17) is 28.2 Å². The fourth-order valence-corrected chi connectivity index (χ4v) is 3.89. The molecule has 3 rings (SSSR count). The molecule has 2 aromatic rings. The van der Waals surface area contributed by atoms with Gasteiger partial charge in [-0.05, 0) is 37.6 Å². The van der Waals surface area contributed by atoms with Crippen LogP contribution >= 0.6 is 35.6 Å². The van der Waals surface area contributed by atoms with Crippen molar-refractivity contribution in [2.75, 3.05) is 6.54 Å². The van der Waals surface area contributed by atoms with Crippen molar-refractivity contribution >= 4 is 51.9 Å². The van der Waals surface area contributed by atoms with Crippen LogP contribution in [0.25, 0.3) is 17.4 Å². The molecule has 118 valence electrons. The number of carbonyl (C=O) groups excluding carboxylic acids is 1. The molecule has 0 radical (unpaired) electrons. The highest BCUT2D eigenvalue weighted by Crippen LogP contribution is 2.34. The summed E-state index contributed by atoms with van der Waals surface area (Å²) in [4.78, 5) is 14.4. The Hall–Kier alpha value is -1.56. The number of thioether (sulfide) groups is 1. The summed E-state index contributed by atoms with van der Waals surface area (Å²) in [7, 11) is 0. The molecular formula is C17H14ClNO2S2. The summed E-state index contributed by atoms with van der Waals surface area (Å²) in [5, 5.41) is 0.698. The van der Waals surface area contributed by atoms with Crippen LogP contribution in [-0.2, 0) is 4.79 Å². The first kappa shape index (κ1) is 16.3. The van der Waals surface area contributed by atoms with E-state index in [2.05, 4.69) is 0 Å². The number of carbonyl (C=O) groups is 1. The van der Waals surface area contributed by atoms with Gasteiger partial charge >= 0.3 is 0 Å². The van der Waals surface area contributed by atoms with Crippen LogP contribution in [-0.4, -0.2) is 21.7 Å². The molecule has 1 saturated heterocycles. The van der Waals surface area contributed by atoms with Gasteiger partial charge in [0.1, 0.15) is 15.8 Å². The lowest BCUT2D eigenvalue weighted by Gasteiger charge is -2.09. The van der Waals surface area contributed by atoms with E-state index in [0.29, 0.717) is 26.6 Å². The lowest BCUT2D eigenvalue weighted by atomic mass is 10.1. The van der Waals surface area contributed by atoms with Gasteiger partial charge in [0.15, 0.2) is 0 Å². The predicted octanol–water partition coefficient (Wildman–Crippen LogP) is 5.13. The summed E-state index contributed by atoms with van der Waals surface area (Å²) in [6, 6.07) is 9.42. The van der Waals surface area contributed by atoms with Crippen molar-refractivity contribution < 1.29 is 9.21 Å². The van der Waals surface area contributed by atoms with Crippen molar-refractivity contribution in [3.8, 4) is 11.3 Å². The summed E-state index contributed by atoms with van der Waals surface area (Å²) >= 11 is 12.7. The Morgan fingerprint density at radius 1 is 1.35 bits per heavy atom. The molecule has 3 nitrogen and oxygen atoms in total. The molecule has 0 saturated carbocycles. The molecule has 23 heavy (non-hydrogen) atoms. The molecule has 0 spiro atoms. The van der Waals surface area contributed by atoms with Gasteiger partial charge in [-0.1, -0.05) is 47.7 Å². The smallest absolute Gasteiger partial charge is 0.266 e. The second-order valence-electron chi connectivity index (χ2n) is 5.04. The Balaban J connectivity index is 1.91. The van der Waals surface area contributed by atoms with Gasteiger partial charge in [-0.2, -0.15) is 0 Å². The molecule has 1 aliphatic rings. The monoisotopic (exact) mass is 363 g/mol. The molecule has 6 heteroatoms. The van der Waals surface area contributed by atoms with E-state index in [1.54, 1.807) is 11.0 Å². The Kier molecular flexibility index (Phi) is 4.62. The van der Waals surface area contributed by atoms with Gasteiger partial charge in [0, 0.05) is 23.2 Å². The third-order valence-corrected chi connectivity index (χ3v) is 5.41. The average Bonchev–Trinajstić information content (AvgIpc) is 3.08. The molecule has 1 aromatic carbocycles. The Labute approximate surface area is 149 Å². The molecule has 0 unspecified atom stereocenters. The van der Waals surface area contributed by atoms with Crippen molar-refractivity contribution in [3.63, 3.8) is 0 Å². The lowest BCUT2D eigenvalue weighted by Crippen LogP contribution is -2.27. The zero-order chi connectivity index (χ0) is 16.6. The lowest BCUT2D eigenvalue weighted by molar-refractivity contribution is -0.121. The molecule has 1 aliphatic heterocycles. The number of hydrogen-bond acceptors (Lipinski definition) is 4. The van der Waals surface area contributed by atoms with E-state index in [0.717, 1.165) is 16.9 Å². The van der Waals surface area contributed by atoms with E-state index >= 15 is 0 Å². The van der Waals surface area contributed by atoms with Crippen LogP contribution in [0.1, 0.15) is 18.2 Å². The van der Waals surface area contributed by atoms with Crippen LogP contribution in [0.5, 0.6) is 0 Å². The van der Waals surface area contributed by atoms with E-state index < -0.39 is 0 Å². The standard InChI is InChI=1S/C17H14ClNO2S2/c1-3-19-16(20)15(23-17(19)22)9-11-7-8-14(21-11)12-5-4-6-13(18)10(12)2/h4-9H,3H2,1-2H3/b15-9-. The summed E-state index contributed by atoms with van der Waals surface area (Å²) in [6.45, 7) is 4.43. The SMILES string of the molecule is CCN1C(=O)/C(=C/c2ccc(-c3cccc(Cl)c3C)o2)SC1=S. The first-order chi connectivity index (χ1) is 11.0. The first-order valence-corrected chi connectivity index (χ1v) is 8.72. The molecule has 2 heterocycles. The number of hydrogen-bond donors (Lipinski definition) is 0. The summed E-state index contributed by atoms with van der Waals surface area (Å²) in [6.07, 6.45) is 1.73. The van der Waals surface area contributed by atoms with Crippen LogP contribution in [0.3, 0.4) is 0 Å². The predicted molar refractivity (Wildman–Crippen MR) is 99.4 cm³/mol. The highest BCUT2D eigenvalue weighted by Gasteiger charge is 2.30. The van der Waals surface area contributed by atoms with Gasteiger partial charge in [0.25, 0.3) is 5.91 Å². The molecule has 1 fully saturated rings. The van der Waals surface area contributed by atoms with Crippen molar-refractivity contribution in [3.05, 3.63) is 51.6 Å². The highest BCUT2D eigenvalue weighted by molar-refractivity contribution is 8.26. The normalized spacial score (nSPS) is 16.7. The third kappa shape index (κ3) is 3.09. The molecular weight excluding hydrogens is 350 g/mol. The van der Waals surface area contributed by atoms with Gasteiger partial charge < -0.3 is 4.42 Å². The second kappa shape index (κ2) is 6.51. The largest absolute Gasteiger partial charge is 0.457 e. The number of rotatable bonds is 3. The Morgan fingerprint density at radius 2 is 2.13 bits per heavy atom. The molecule has 0 atom stereocenters. The minimum atomic E-state index is -0.0700. The zero-order valence-electron chi connectivity index (χ0n) is 12.6. The van der Waals surface area contributed by atoms with Crippen molar-refractivity contribution in [1.82, 2.24) is 4.90 Å². The topological polar surface area (TPSA) is 33.5 Å². The Morgan fingerprint density at radius 3 is 2.83 bits per heavy atom. The minimum absolute atomic E-state index is 0.0700. The highest BCUT2D eigenvalue weighted by atomic mass is 35.5. The zero-order valence-corrected chi connectivity index (χ0v) is 15.0. The van der Waals surface area contributed by atoms with Crippen LogP contribution < -0.4 is 0 Å². The maximum atomic E-state index is 12.2.